The van der Waals surface area contributed by atoms with Crippen molar-refractivity contribution in [1.29, 1.82) is 0 Å². The summed E-state index contributed by atoms with van der Waals surface area (Å²) in [5, 5.41) is 12.3. The molecular weight excluding hydrogens is 677 g/mol. The Morgan fingerprint density at radius 2 is 0.964 bits per heavy atom. The van der Waals surface area contributed by atoms with Gasteiger partial charge in [-0.3, -0.25) is 0 Å². The lowest BCUT2D eigenvalue weighted by Crippen LogP contribution is -2.15. The van der Waals surface area contributed by atoms with Gasteiger partial charge in [0.05, 0.1) is 0 Å². The quantitative estimate of drug-likeness (QED) is 0.166. The number of fused-ring (bicyclic) bond motifs is 12. The first-order valence-electron chi connectivity index (χ1n) is 19.6. The van der Waals surface area contributed by atoms with Gasteiger partial charge in [0.25, 0.3) is 0 Å². The van der Waals surface area contributed by atoms with Gasteiger partial charge in [0.2, 0.25) is 0 Å². The Morgan fingerprint density at radius 1 is 0.375 bits per heavy atom. The lowest BCUT2D eigenvalue weighted by molar-refractivity contribution is 0.658. The standard InChI is InChI=1S/C55H36O/c1-55(2)48-25-12-11-19-39(48)44-28-29-49-52(53(44)55)47-32-46(38-18-5-10-24-45(38)54(47)56-49)35-16-13-17-36(31-35)50-40-20-6-8-22-42(40)51(43-23-9-7-21-41(43)50)37-27-26-33-14-3-4-15-34(33)30-37/h3-32H,1-2H3. The minimum absolute atomic E-state index is 0.158. The summed E-state index contributed by atoms with van der Waals surface area (Å²) in [5.74, 6) is 0. The molecule has 0 radical (unpaired) electrons. The Labute approximate surface area is 325 Å². The zero-order valence-corrected chi connectivity index (χ0v) is 31.2. The first-order chi connectivity index (χ1) is 27.5. The molecule has 10 aromatic carbocycles. The molecule has 0 fully saturated rings. The van der Waals surface area contributed by atoms with Crippen molar-refractivity contribution in [1.82, 2.24) is 0 Å². The number of furan rings is 1. The predicted molar refractivity (Wildman–Crippen MR) is 238 cm³/mol. The first-order valence-corrected chi connectivity index (χ1v) is 19.6. The van der Waals surface area contributed by atoms with E-state index in [2.05, 4.69) is 196 Å². The van der Waals surface area contributed by atoms with Crippen LogP contribution in [0.25, 0.3) is 110 Å². The van der Waals surface area contributed by atoms with Crippen LogP contribution in [-0.4, -0.2) is 0 Å². The van der Waals surface area contributed by atoms with E-state index in [4.69, 9.17) is 4.42 Å². The lowest BCUT2D eigenvalue weighted by Gasteiger charge is -2.22. The fourth-order valence-electron chi connectivity index (χ4n) is 10.1. The summed E-state index contributed by atoms with van der Waals surface area (Å²) in [5.41, 5.74) is 14.5. The molecule has 1 heterocycles. The molecule has 262 valence electrons. The van der Waals surface area contributed by atoms with Crippen LogP contribution in [0, 0.1) is 0 Å². The number of hydrogen-bond acceptors (Lipinski definition) is 1. The van der Waals surface area contributed by atoms with Crippen LogP contribution in [0.2, 0.25) is 0 Å². The Bertz CT molecular complexity index is 3390. The molecule has 0 amide bonds. The average Bonchev–Trinajstić information content (AvgIpc) is 3.74. The molecule has 1 aliphatic rings. The van der Waals surface area contributed by atoms with Crippen molar-refractivity contribution in [2.75, 3.05) is 0 Å². The van der Waals surface area contributed by atoms with E-state index < -0.39 is 0 Å². The van der Waals surface area contributed by atoms with Gasteiger partial charge in [0.1, 0.15) is 11.2 Å². The highest BCUT2D eigenvalue weighted by Gasteiger charge is 2.38. The molecule has 56 heavy (non-hydrogen) atoms. The average molecular weight is 713 g/mol. The monoisotopic (exact) mass is 712 g/mol. The zero-order chi connectivity index (χ0) is 37.1. The van der Waals surface area contributed by atoms with E-state index in [1.807, 2.05) is 0 Å². The Morgan fingerprint density at radius 3 is 1.70 bits per heavy atom. The molecule has 1 aromatic heterocycles. The van der Waals surface area contributed by atoms with Crippen molar-refractivity contribution in [3.8, 4) is 44.5 Å². The highest BCUT2D eigenvalue weighted by atomic mass is 16.3. The van der Waals surface area contributed by atoms with E-state index in [9.17, 15) is 0 Å². The van der Waals surface area contributed by atoms with E-state index in [1.54, 1.807) is 0 Å². The SMILES string of the molecule is CC1(C)c2ccccc2-c2ccc3oc4c5ccccc5c(-c5cccc(-c6c7ccccc7c(-c7ccc8ccccc8c7)c7ccccc67)c5)cc4c3c21. The van der Waals surface area contributed by atoms with Crippen LogP contribution in [-0.2, 0) is 5.41 Å². The summed E-state index contributed by atoms with van der Waals surface area (Å²) in [4.78, 5) is 0. The van der Waals surface area contributed by atoms with Gasteiger partial charge in [-0.2, -0.15) is 0 Å². The van der Waals surface area contributed by atoms with Crippen LogP contribution < -0.4 is 0 Å². The van der Waals surface area contributed by atoms with Crippen LogP contribution in [0.3, 0.4) is 0 Å². The number of hydrogen-bond donors (Lipinski definition) is 0. The van der Waals surface area contributed by atoms with Crippen LogP contribution in [0.4, 0.5) is 0 Å². The second-order valence-electron chi connectivity index (χ2n) is 16.0. The van der Waals surface area contributed by atoms with E-state index >= 15 is 0 Å². The van der Waals surface area contributed by atoms with Crippen molar-refractivity contribution in [2.45, 2.75) is 19.3 Å². The highest BCUT2D eigenvalue weighted by molar-refractivity contribution is 6.23. The highest BCUT2D eigenvalue weighted by Crippen LogP contribution is 2.54. The first kappa shape index (κ1) is 31.4. The summed E-state index contributed by atoms with van der Waals surface area (Å²) in [6, 6.07) is 67.1. The van der Waals surface area contributed by atoms with Gasteiger partial charge in [0.15, 0.2) is 0 Å². The fraction of sp³-hybridized carbons (Fsp3) is 0.0545. The van der Waals surface area contributed by atoms with Gasteiger partial charge in [-0.15, -0.1) is 0 Å². The van der Waals surface area contributed by atoms with Gasteiger partial charge in [0, 0.05) is 21.6 Å². The normalized spacial score (nSPS) is 13.3. The topological polar surface area (TPSA) is 13.1 Å². The molecule has 0 unspecified atom stereocenters. The molecule has 0 aliphatic heterocycles. The molecule has 0 saturated carbocycles. The minimum atomic E-state index is -0.158. The molecule has 1 nitrogen and oxygen atoms in total. The summed E-state index contributed by atoms with van der Waals surface area (Å²) >= 11 is 0. The van der Waals surface area contributed by atoms with Crippen molar-refractivity contribution >= 4 is 65.0 Å². The van der Waals surface area contributed by atoms with Crippen molar-refractivity contribution < 1.29 is 4.42 Å². The van der Waals surface area contributed by atoms with E-state index in [0.717, 1.165) is 16.6 Å². The maximum Gasteiger partial charge on any atom is 0.143 e. The summed E-state index contributed by atoms with van der Waals surface area (Å²) in [6.07, 6.45) is 0. The zero-order valence-electron chi connectivity index (χ0n) is 31.2. The van der Waals surface area contributed by atoms with Crippen LogP contribution >= 0.6 is 0 Å². The van der Waals surface area contributed by atoms with Gasteiger partial charge < -0.3 is 4.42 Å². The molecule has 0 saturated heterocycles. The maximum absolute atomic E-state index is 6.83. The molecule has 0 bridgehead atoms. The number of rotatable bonds is 3. The molecule has 1 aliphatic carbocycles. The third-order valence-corrected chi connectivity index (χ3v) is 12.6. The Kier molecular flexibility index (Phi) is 6.46. The molecule has 12 rings (SSSR count). The third kappa shape index (κ3) is 4.31. The number of benzene rings is 10. The van der Waals surface area contributed by atoms with Gasteiger partial charge in [-0.25, -0.2) is 0 Å². The summed E-state index contributed by atoms with van der Waals surface area (Å²) in [7, 11) is 0. The third-order valence-electron chi connectivity index (χ3n) is 12.6. The van der Waals surface area contributed by atoms with Crippen LogP contribution in [0.15, 0.2) is 186 Å². The van der Waals surface area contributed by atoms with Crippen molar-refractivity contribution in [3.05, 3.63) is 193 Å². The van der Waals surface area contributed by atoms with Gasteiger partial charge >= 0.3 is 0 Å². The Hall–Kier alpha value is -6.96. The smallest absolute Gasteiger partial charge is 0.143 e. The summed E-state index contributed by atoms with van der Waals surface area (Å²) in [6.45, 7) is 4.72. The summed E-state index contributed by atoms with van der Waals surface area (Å²) < 4.78 is 6.83. The van der Waals surface area contributed by atoms with Crippen LogP contribution in [0.1, 0.15) is 25.0 Å². The lowest BCUT2D eigenvalue weighted by atomic mass is 9.80. The molecule has 0 spiro atoms. The predicted octanol–water partition coefficient (Wildman–Crippen LogP) is 15.5. The second-order valence-corrected chi connectivity index (χ2v) is 16.0. The van der Waals surface area contributed by atoms with Gasteiger partial charge in [-0.05, 0) is 118 Å². The Balaban J connectivity index is 1.11. The van der Waals surface area contributed by atoms with Gasteiger partial charge in [-0.1, -0.05) is 172 Å². The molecule has 0 N–H and O–H groups in total. The second kappa shape index (κ2) is 11.5. The molecular formula is C55H36O. The molecule has 0 atom stereocenters. The van der Waals surface area contributed by atoms with Crippen molar-refractivity contribution in [2.24, 2.45) is 0 Å². The van der Waals surface area contributed by atoms with Crippen LogP contribution in [0.5, 0.6) is 0 Å². The minimum Gasteiger partial charge on any atom is -0.455 e. The fourth-order valence-corrected chi connectivity index (χ4v) is 10.1. The largest absolute Gasteiger partial charge is 0.455 e. The van der Waals surface area contributed by atoms with E-state index in [1.165, 1.54) is 104 Å². The van der Waals surface area contributed by atoms with E-state index in [0.29, 0.717) is 0 Å². The molecule has 11 aromatic rings. The molecule has 1 heteroatoms. The maximum atomic E-state index is 6.83. The van der Waals surface area contributed by atoms with E-state index in [-0.39, 0.29) is 5.41 Å². The van der Waals surface area contributed by atoms with Crippen molar-refractivity contribution in [3.63, 3.8) is 0 Å².